The molecule has 0 saturated carbocycles. The molecule has 1 spiro atoms. The first-order chi connectivity index (χ1) is 15.4. The molecule has 0 aromatic carbocycles. The summed E-state index contributed by atoms with van der Waals surface area (Å²) in [5.41, 5.74) is 0. The second-order valence-corrected chi connectivity index (χ2v) is 40.9. The Morgan fingerprint density at radius 1 is 0.688 bits per heavy atom. The van der Waals surface area contributed by atoms with E-state index in [0.717, 1.165) is 25.7 Å². The van der Waals surface area contributed by atoms with Crippen molar-refractivity contribution in [1.82, 2.24) is 0 Å². The fraction of sp³-hybridized carbons (Fsp3) is 0.964. The summed E-state index contributed by atoms with van der Waals surface area (Å²) in [6.07, 6.45) is 21.4. The Bertz CT molecular complexity index is 1280. The molecule has 0 N–H and O–H groups in total. The summed E-state index contributed by atoms with van der Waals surface area (Å²) in [6.45, 7) is -1.14. The first kappa shape index (κ1) is 18.7. The third-order valence-corrected chi connectivity index (χ3v) is 68.1. The Hall–Kier alpha value is 0.469. The van der Waals surface area contributed by atoms with Crippen LogP contribution in [0.3, 0.4) is 0 Å². The number of carbonyl (C=O) groups is 1. The molecule has 4 heteroatoms. The Morgan fingerprint density at radius 2 is 1.09 bits per heavy atom. The van der Waals surface area contributed by atoms with Gasteiger partial charge in [-0.25, -0.2) is 0 Å². The van der Waals surface area contributed by atoms with E-state index in [1.165, 1.54) is 109 Å². The summed E-state index contributed by atoms with van der Waals surface area (Å²) in [5.74, 6) is 0.212. The number of esters is 1. The van der Waals surface area contributed by atoms with E-state index >= 15 is 0 Å². The number of alkyl halides is 1. The summed E-state index contributed by atoms with van der Waals surface area (Å²) >= 11 is 4.39. The standard InChI is InChI=1S/C23H39O2.C5H4Br.Fe/c1-2-3-4-5-6-7-8-9-10-11-12-13-14-15-16-21-23(24)25-22-19-17-18-20-22;6-5-3-1-2-4-5;/h17-20H,2-16,21H2,1H3;1-4H;. The van der Waals surface area contributed by atoms with E-state index < -0.39 is 6.51 Å². The van der Waals surface area contributed by atoms with Gasteiger partial charge in [0.1, 0.15) is 0 Å². The Morgan fingerprint density at radius 3 is 1.41 bits per heavy atom. The van der Waals surface area contributed by atoms with Gasteiger partial charge in [0.25, 0.3) is 0 Å². The van der Waals surface area contributed by atoms with Gasteiger partial charge in [0.15, 0.2) is 0 Å². The number of carbonyl (C=O) groups excluding carboxylic acids is 1. The molecule has 32 heavy (non-hydrogen) atoms. The Balaban J connectivity index is 0.632. The van der Waals surface area contributed by atoms with Crippen LogP contribution in [0.4, 0.5) is 0 Å². The number of fused-ring (bicyclic) bond motifs is 10. The molecule has 8 unspecified atom stereocenters. The van der Waals surface area contributed by atoms with Crippen molar-refractivity contribution in [3.05, 3.63) is 0 Å². The van der Waals surface area contributed by atoms with Crippen molar-refractivity contribution in [1.29, 1.82) is 0 Å². The van der Waals surface area contributed by atoms with E-state index in [1.807, 2.05) is 0 Å². The minimum absolute atomic E-state index is 0.212. The van der Waals surface area contributed by atoms with Gasteiger partial charge in [-0.1, -0.05) is 51.9 Å². The van der Waals surface area contributed by atoms with Crippen LogP contribution in [0.5, 0.6) is 0 Å². The van der Waals surface area contributed by atoms with E-state index in [9.17, 15) is 4.79 Å². The molecule has 10 heterocycles. The third kappa shape index (κ3) is 0.429. The van der Waals surface area contributed by atoms with E-state index in [4.69, 9.17) is 4.74 Å². The molecule has 0 radical (unpaired) electrons. The maximum atomic E-state index is 12.9. The molecule has 182 valence electrons. The zero-order valence-corrected chi connectivity index (χ0v) is 22.7. The quantitative estimate of drug-likeness (QED) is 0.0785. The third-order valence-electron chi connectivity index (χ3n) is 18.8. The SMILES string of the molecule is CCCCCCCCCCCCCCCCCC(=O)O[C]12[CH]3[CH]4[CH]5[CH]1[Fe]45321678[CH]2[CH]1[CH]6[C]7(Br)[CH]28. The summed E-state index contributed by atoms with van der Waals surface area (Å²) in [4.78, 5) is 21.9. The molecule has 0 aliphatic carbocycles. The number of rotatable bonds is 17. The normalized spacial score (nSPS) is 71.1. The van der Waals surface area contributed by atoms with Gasteiger partial charge in [-0.15, -0.1) is 0 Å². The van der Waals surface area contributed by atoms with Crippen molar-refractivity contribution < 1.29 is 16.0 Å². The number of halogens is 1. The molecular formula is C28H43BrFeO2. The van der Waals surface area contributed by atoms with Crippen LogP contribution in [-0.2, 0) is 16.0 Å². The predicted molar refractivity (Wildman–Crippen MR) is 130 cm³/mol. The summed E-state index contributed by atoms with van der Waals surface area (Å²) < 4.78 is 7.57. The molecular weight excluding hydrogens is 504 g/mol. The van der Waals surface area contributed by atoms with Gasteiger partial charge < -0.3 is 0 Å². The average molecular weight is 547 g/mol. The molecule has 10 rings (SSSR count). The molecule has 0 amide bonds. The van der Waals surface area contributed by atoms with Crippen molar-refractivity contribution in [3.63, 3.8) is 0 Å². The molecule has 10 saturated heterocycles. The Labute approximate surface area is 193 Å². The van der Waals surface area contributed by atoms with Gasteiger partial charge in [-0.2, -0.15) is 0 Å². The van der Waals surface area contributed by atoms with Crippen LogP contribution in [0.15, 0.2) is 0 Å². The fourth-order valence-corrected chi connectivity index (χ4v) is 104. The van der Waals surface area contributed by atoms with Gasteiger partial charge in [0, 0.05) is 0 Å². The molecule has 2 nitrogen and oxygen atoms in total. The number of hydrogen-bond acceptors (Lipinski definition) is 2. The van der Waals surface area contributed by atoms with Crippen LogP contribution in [0.1, 0.15) is 110 Å². The van der Waals surface area contributed by atoms with Crippen molar-refractivity contribution in [2.75, 3.05) is 0 Å². The predicted octanol–water partition coefficient (Wildman–Crippen LogP) is 9.39. The van der Waals surface area contributed by atoms with E-state index in [0.29, 0.717) is 9.64 Å². The van der Waals surface area contributed by atoms with Gasteiger partial charge in [0.2, 0.25) is 0 Å². The zero-order valence-electron chi connectivity index (χ0n) is 20.0. The van der Waals surface area contributed by atoms with E-state index in [1.54, 1.807) is 0 Å². The summed E-state index contributed by atoms with van der Waals surface area (Å²) in [5, 5.41) is 0. The van der Waals surface area contributed by atoms with E-state index in [-0.39, 0.29) is 10.5 Å². The van der Waals surface area contributed by atoms with Crippen LogP contribution >= 0.6 is 15.9 Å². The second kappa shape index (κ2) is 2.84. The van der Waals surface area contributed by atoms with Crippen LogP contribution in [-0.4, -0.2) is 13.7 Å². The van der Waals surface area contributed by atoms with Crippen LogP contribution in [0.25, 0.3) is 0 Å². The van der Waals surface area contributed by atoms with E-state index in [2.05, 4.69) is 22.9 Å². The molecule has 10 fully saturated rings. The second-order valence-electron chi connectivity index (χ2n) is 15.8. The number of unbranched alkanes of at least 4 members (excludes halogenated alkanes) is 14. The van der Waals surface area contributed by atoms with Gasteiger partial charge >= 0.3 is 142 Å². The molecule has 0 aromatic rings. The monoisotopic (exact) mass is 546 g/mol. The topological polar surface area (TPSA) is 26.3 Å². The molecule has 10 aliphatic rings. The van der Waals surface area contributed by atoms with Crippen molar-refractivity contribution in [2.24, 2.45) is 0 Å². The fourth-order valence-electron chi connectivity index (χ4n) is 19.1. The molecule has 0 bridgehead atoms. The van der Waals surface area contributed by atoms with Gasteiger partial charge in [0.05, 0.1) is 0 Å². The first-order valence-corrected chi connectivity index (χ1v) is 21.5. The summed E-state index contributed by atoms with van der Waals surface area (Å²) in [6, 6.07) is 0. The maximum absolute atomic E-state index is 12.9. The number of hydrogen-bond donors (Lipinski definition) is 0. The van der Waals surface area contributed by atoms with Crippen molar-refractivity contribution in [3.8, 4) is 0 Å². The first-order valence-electron chi connectivity index (χ1n) is 14.5. The van der Waals surface area contributed by atoms with Crippen LogP contribution in [0, 0.1) is 0 Å². The molecule has 0 aromatic heterocycles. The van der Waals surface area contributed by atoms with Crippen LogP contribution < -0.4 is 0 Å². The van der Waals surface area contributed by atoms with Crippen molar-refractivity contribution >= 4 is 21.9 Å². The number of ether oxygens (including phenoxy) is 1. The van der Waals surface area contributed by atoms with Gasteiger partial charge in [-0.05, 0) is 0 Å². The Kier molecular flexibility index (Phi) is 1.66. The molecule has 10 aliphatic heterocycles. The molecule has 8 atom stereocenters. The summed E-state index contributed by atoms with van der Waals surface area (Å²) in [7, 11) is 0. The van der Waals surface area contributed by atoms with Gasteiger partial charge in [-0.3, -0.25) is 0 Å². The zero-order chi connectivity index (χ0) is 21.5. The van der Waals surface area contributed by atoms with Crippen LogP contribution in [0.2, 0.25) is 38.5 Å². The minimum atomic E-state index is -3.43. The average Bonchev–Trinajstić information content (AvgIpc) is 3.73. The van der Waals surface area contributed by atoms with Crippen molar-refractivity contribution in [2.45, 2.75) is 156 Å².